The summed E-state index contributed by atoms with van der Waals surface area (Å²) >= 11 is 0. The van der Waals surface area contributed by atoms with Crippen LogP contribution < -0.4 is 5.32 Å². The summed E-state index contributed by atoms with van der Waals surface area (Å²) in [5.41, 5.74) is -10.8. The van der Waals surface area contributed by atoms with Crippen molar-refractivity contribution in [2.75, 3.05) is 31.3 Å². The molecule has 1 rings (SSSR count). The third kappa shape index (κ3) is 10.1. The van der Waals surface area contributed by atoms with Crippen molar-refractivity contribution in [1.82, 2.24) is 8.80 Å². The van der Waals surface area contributed by atoms with Crippen LogP contribution in [0.1, 0.15) is 97.6 Å². The number of alkyl halides is 6. The fraction of sp³-hybridized carbons (Fsp3) is 0.700. The summed E-state index contributed by atoms with van der Waals surface area (Å²) in [5, 5.41) is 2.78. The van der Waals surface area contributed by atoms with Crippen molar-refractivity contribution < 1.29 is 52.7 Å². The van der Waals surface area contributed by atoms with Crippen molar-refractivity contribution in [3.63, 3.8) is 0 Å². The zero-order chi connectivity index (χ0) is 36.6. The predicted molar refractivity (Wildman–Crippen MR) is 176 cm³/mol. The Morgan fingerprint density at radius 2 is 1.30 bits per heavy atom. The molecule has 0 saturated heterocycles. The maximum atomic E-state index is 14.0. The van der Waals surface area contributed by atoms with E-state index in [9.17, 15) is 48.0 Å². The zero-order valence-corrected chi connectivity index (χ0v) is 30.5. The second-order valence-electron chi connectivity index (χ2n) is 12.5. The Balaban J connectivity index is 3.19. The van der Waals surface area contributed by atoms with Crippen LogP contribution in [0, 0.1) is 0 Å². The Hall–Kier alpha value is -1.90. The quantitative estimate of drug-likeness (QED) is 0.0862. The number of amides is 1. The Bertz CT molecular complexity index is 1380. The average Bonchev–Trinajstić information content (AvgIpc) is 2.91. The Morgan fingerprint density at radius 1 is 0.830 bits per heavy atom. The normalized spacial score (nSPS) is 14.4. The van der Waals surface area contributed by atoms with Crippen LogP contribution in [0.15, 0.2) is 30.8 Å². The predicted octanol–water partition coefficient (Wildman–Crippen LogP) is 8.94. The number of carbonyl (C=O) groups excluding carboxylic acids is 1. The van der Waals surface area contributed by atoms with E-state index in [4.69, 9.17) is 4.74 Å². The molecular formula is C30H49F6N2O6PS2. The molecule has 0 aliphatic heterocycles. The van der Waals surface area contributed by atoms with Gasteiger partial charge in [0.15, 0.2) is 0 Å². The molecule has 0 atom stereocenters. The average molecular weight is 743 g/mol. The first-order valence-corrected chi connectivity index (χ1v) is 21.3. The number of hydrogen-bond acceptors (Lipinski definition) is 6. The molecule has 47 heavy (non-hydrogen) atoms. The molecule has 274 valence electrons. The van der Waals surface area contributed by atoms with Gasteiger partial charge in [-0.15, -0.1) is 0 Å². The molecule has 1 amide bonds. The number of nitrogens with zero attached hydrogens (tertiary/aromatic N) is 1. The van der Waals surface area contributed by atoms with E-state index in [-0.39, 0.29) is 38.7 Å². The number of benzene rings is 1. The van der Waals surface area contributed by atoms with Crippen molar-refractivity contribution in [2.45, 2.75) is 103 Å². The van der Waals surface area contributed by atoms with Gasteiger partial charge in [0.25, 0.3) is 0 Å². The molecule has 0 bridgehead atoms. The molecule has 1 aromatic carbocycles. The van der Waals surface area contributed by atoms with Crippen molar-refractivity contribution in [2.24, 2.45) is 0 Å². The Labute approximate surface area is 275 Å². The number of sulfonamides is 2. The molecule has 1 aromatic rings. The summed E-state index contributed by atoms with van der Waals surface area (Å²) < 4.78 is 140. The number of nitrogens with one attached hydrogen (secondary N) is 1. The summed E-state index contributed by atoms with van der Waals surface area (Å²) in [5.74, 6) is 0. The molecule has 0 aromatic heterocycles. The second-order valence-corrected chi connectivity index (χ2v) is 22.9. The topological polar surface area (TPSA) is 110 Å². The van der Waals surface area contributed by atoms with E-state index in [1.54, 1.807) is 13.8 Å². The molecule has 0 aliphatic rings. The molecule has 0 aliphatic carbocycles. The van der Waals surface area contributed by atoms with Crippen LogP contribution in [0.5, 0.6) is 0 Å². The molecule has 8 nitrogen and oxygen atoms in total. The maximum absolute atomic E-state index is 14.0. The summed E-state index contributed by atoms with van der Waals surface area (Å²) in [6.45, 7) is 8.74. The third-order valence-corrected chi connectivity index (χ3v) is 22.6. The standard InChI is InChI=1S/C30H49F6N2O6PS2/c1-8-19-45(20-9-2,21-10-3,38(46(40,41)29(31,32)33)47(42,43)30(34,35)36)22-14-12-11-13-18-44-27(39)37-28(6,7)26-17-15-16-25(23-26)24(4)5/h15-17,23H,4,8-14,18-22H2,1-3,5-7H3,(H,37,39). The van der Waals surface area contributed by atoms with Crippen LogP contribution in [0.3, 0.4) is 0 Å². The summed E-state index contributed by atoms with van der Waals surface area (Å²) in [6.07, 6.45) is -1.57. The molecule has 0 unspecified atom stereocenters. The molecule has 0 radical (unpaired) electrons. The molecular weight excluding hydrogens is 693 g/mol. The van der Waals surface area contributed by atoms with E-state index in [0.717, 1.165) is 16.7 Å². The van der Waals surface area contributed by atoms with Crippen LogP contribution >= 0.6 is 6.75 Å². The third-order valence-electron chi connectivity index (χ3n) is 8.20. The molecule has 1 N–H and O–H groups in total. The molecule has 17 heteroatoms. The van der Waals surface area contributed by atoms with Crippen LogP contribution in [0.2, 0.25) is 0 Å². The van der Waals surface area contributed by atoms with Crippen molar-refractivity contribution in [3.8, 4) is 0 Å². The number of unbranched alkanes of at least 4 members (excludes halogenated alkanes) is 3. The van der Waals surface area contributed by atoms with Gasteiger partial charge in [-0.1, -0.05) is 24.3 Å². The van der Waals surface area contributed by atoms with E-state index in [1.807, 2.05) is 31.2 Å². The number of ether oxygens (including phenoxy) is 1. The minimum absolute atomic E-state index is 0.0205. The van der Waals surface area contributed by atoms with Gasteiger partial charge in [-0.2, -0.15) is 0 Å². The van der Waals surface area contributed by atoms with E-state index in [0.29, 0.717) is 12.8 Å². The molecule has 0 fully saturated rings. The fourth-order valence-corrected chi connectivity index (χ4v) is 22.1. The van der Waals surface area contributed by atoms with Crippen LogP contribution in [0.4, 0.5) is 31.1 Å². The first-order valence-electron chi connectivity index (χ1n) is 15.5. The van der Waals surface area contributed by atoms with Gasteiger partial charge in [-0.25, -0.2) is 0 Å². The van der Waals surface area contributed by atoms with E-state index < -0.39 is 77.6 Å². The van der Waals surface area contributed by atoms with Gasteiger partial charge in [0.05, 0.1) is 0 Å². The number of carbonyl (C=O) groups is 1. The van der Waals surface area contributed by atoms with Gasteiger partial charge < -0.3 is 0 Å². The van der Waals surface area contributed by atoms with Gasteiger partial charge in [-0.3, -0.25) is 0 Å². The van der Waals surface area contributed by atoms with Crippen molar-refractivity contribution in [1.29, 1.82) is 0 Å². The molecule has 0 saturated carbocycles. The number of hydrogen-bond donors (Lipinski definition) is 1. The van der Waals surface area contributed by atoms with Crippen LogP contribution in [-0.4, -0.2) is 68.7 Å². The summed E-state index contributed by atoms with van der Waals surface area (Å²) in [6, 6.07) is 7.48. The van der Waals surface area contributed by atoms with Gasteiger partial charge >= 0.3 is 239 Å². The van der Waals surface area contributed by atoms with E-state index in [2.05, 4.69) is 11.9 Å². The van der Waals surface area contributed by atoms with Gasteiger partial charge in [0.2, 0.25) is 0 Å². The number of allylic oxidation sites excluding steroid dienone is 1. The first kappa shape index (κ1) is 43.1. The van der Waals surface area contributed by atoms with Crippen LogP contribution in [-0.2, 0) is 30.3 Å². The fourth-order valence-electron chi connectivity index (χ4n) is 6.31. The van der Waals surface area contributed by atoms with Crippen molar-refractivity contribution in [3.05, 3.63) is 42.0 Å². The zero-order valence-electron chi connectivity index (χ0n) is 27.9. The first-order chi connectivity index (χ1) is 21.4. The minimum atomic E-state index is -6.95. The Morgan fingerprint density at radius 3 is 1.72 bits per heavy atom. The van der Waals surface area contributed by atoms with Gasteiger partial charge in [0, 0.05) is 0 Å². The van der Waals surface area contributed by atoms with Crippen LogP contribution in [0.25, 0.3) is 5.57 Å². The van der Waals surface area contributed by atoms with E-state index in [1.165, 1.54) is 20.8 Å². The number of halogens is 6. The summed E-state index contributed by atoms with van der Waals surface area (Å²) in [4.78, 5) is 12.5. The number of alkyl carbamates (subject to hydrolysis) is 1. The monoisotopic (exact) mass is 742 g/mol. The summed E-state index contributed by atoms with van der Waals surface area (Å²) in [7, 11) is -13.9. The van der Waals surface area contributed by atoms with E-state index >= 15 is 0 Å². The van der Waals surface area contributed by atoms with Gasteiger partial charge in [-0.05, 0) is 12.5 Å². The molecule has 0 heterocycles. The number of rotatable bonds is 19. The van der Waals surface area contributed by atoms with Crippen molar-refractivity contribution >= 4 is 38.5 Å². The van der Waals surface area contributed by atoms with Gasteiger partial charge in [0.1, 0.15) is 0 Å². The Kier molecular flexibility index (Phi) is 14.9. The second kappa shape index (κ2) is 16.2. The SMILES string of the molecule is C=C(C)c1cccc(C(C)(C)NC(=O)OCCCCCCP(CCC)(CCC)(CCC)N(S(=O)(=O)C(F)(F)F)S(=O)(=O)C(F)(F)F)c1. The molecule has 0 spiro atoms.